The van der Waals surface area contributed by atoms with Crippen LogP contribution in [-0.4, -0.2) is 43.9 Å². The molecule has 0 aromatic heterocycles. The van der Waals surface area contributed by atoms with Gasteiger partial charge in [0.05, 0.1) is 23.3 Å². The molecule has 0 saturated heterocycles. The molecule has 0 spiro atoms. The van der Waals surface area contributed by atoms with E-state index >= 15 is 0 Å². The minimum absolute atomic E-state index is 0. The van der Waals surface area contributed by atoms with Crippen molar-refractivity contribution in [1.29, 1.82) is 0 Å². The summed E-state index contributed by atoms with van der Waals surface area (Å²) in [5.74, 6) is -2.47. The predicted molar refractivity (Wildman–Crippen MR) is 113 cm³/mol. The fourth-order valence-corrected chi connectivity index (χ4v) is 3.16. The van der Waals surface area contributed by atoms with Crippen LogP contribution in [0.25, 0.3) is 0 Å². The van der Waals surface area contributed by atoms with Crippen LogP contribution >= 0.6 is 0 Å². The molecule has 9 nitrogen and oxygen atoms in total. The largest absolute Gasteiger partial charge is 1.00 e. The van der Waals surface area contributed by atoms with Crippen molar-refractivity contribution in [3.05, 3.63) is 12.2 Å². The Kier molecular flexibility index (Phi) is 24.9. The second-order valence-electron chi connectivity index (χ2n) is 7.29. The molecule has 0 aromatic rings. The SMILES string of the molecule is CCCCCCCCCCCCCCOOC(=O)/C=C\C(=O)OOCCCS(=O)(=O)[O-].[Na+]. The number of carbonyl (C=O) groups is 2. The van der Waals surface area contributed by atoms with Gasteiger partial charge in [0.2, 0.25) is 0 Å². The second kappa shape index (κ2) is 23.7. The van der Waals surface area contributed by atoms with Gasteiger partial charge in [0.25, 0.3) is 0 Å². The van der Waals surface area contributed by atoms with Crippen LogP contribution in [0.1, 0.15) is 90.4 Å². The molecule has 0 atom stereocenters. The number of rotatable bonds is 21. The van der Waals surface area contributed by atoms with Crippen LogP contribution in [0.4, 0.5) is 0 Å². The smallest absolute Gasteiger partial charge is 0.748 e. The van der Waals surface area contributed by atoms with Crippen LogP contribution in [0.5, 0.6) is 0 Å². The number of carbonyl (C=O) groups excluding carboxylic acids is 2. The van der Waals surface area contributed by atoms with Gasteiger partial charge in [-0.05, 0) is 12.8 Å². The van der Waals surface area contributed by atoms with Crippen LogP contribution in [0.2, 0.25) is 0 Å². The first-order valence-corrected chi connectivity index (χ1v) is 12.7. The van der Waals surface area contributed by atoms with E-state index in [1.54, 1.807) is 0 Å². The minimum atomic E-state index is -4.33. The molecule has 0 N–H and O–H groups in total. The molecular formula is C21H37NaO9S. The Morgan fingerprint density at radius 3 is 1.47 bits per heavy atom. The fourth-order valence-electron chi connectivity index (χ4n) is 2.69. The summed E-state index contributed by atoms with van der Waals surface area (Å²) in [4.78, 5) is 40.6. The van der Waals surface area contributed by atoms with Crippen molar-refractivity contribution in [2.45, 2.75) is 90.4 Å². The topological polar surface area (TPSA) is 128 Å². The van der Waals surface area contributed by atoms with Crippen LogP contribution in [0, 0.1) is 0 Å². The van der Waals surface area contributed by atoms with Gasteiger partial charge in [-0.25, -0.2) is 18.0 Å². The van der Waals surface area contributed by atoms with E-state index in [1.807, 2.05) is 0 Å². The first-order chi connectivity index (χ1) is 14.8. The number of hydrogen-bond acceptors (Lipinski definition) is 9. The van der Waals surface area contributed by atoms with Gasteiger partial charge in [-0.15, -0.1) is 0 Å². The van der Waals surface area contributed by atoms with E-state index in [0.717, 1.165) is 31.4 Å². The molecule has 0 bridgehead atoms. The van der Waals surface area contributed by atoms with Gasteiger partial charge in [0.15, 0.2) is 0 Å². The van der Waals surface area contributed by atoms with Crippen molar-refractivity contribution in [2.75, 3.05) is 19.0 Å². The van der Waals surface area contributed by atoms with Crippen molar-refractivity contribution in [3.8, 4) is 0 Å². The zero-order valence-electron chi connectivity index (χ0n) is 19.6. The third-order valence-corrected chi connectivity index (χ3v) is 5.13. The Hall–Kier alpha value is -0.490. The van der Waals surface area contributed by atoms with E-state index in [9.17, 15) is 22.6 Å². The van der Waals surface area contributed by atoms with E-state index in [2.05, 4.69) is 21.6 Å². The van der Waals surface area contributed by atoms with E-state index in [4.69, 9.17) is 4.89 Å². The summed E-state index contributed by atoms with van der Waals surface area (Å²) in [6.07, 6.45) is 16.1. The molecule has 0 radical (unpaired) electrons. The molecule has 0 aliphatic rings. The standard InChI is InChI=1S/C21H38O9S.Na/c1-2-3-4-5-6-7-8-9-10-11-12-13-17-27-29-20(22)15-16-21(23)30-28-18-14-19-31(24,25)26;/h15-16H,2-14,17-19H2,1H3,(H,24,25,26);/q;+1/p-1/b16-15-;. The van der Waals surface area contributed by atoms with Crippen LogP contribution in [0.15, 0.2) is 12.2 Å². The first-order valence-electron chi connectivity index (χ1n) is 11.1. The summed E-state index contributed by atoms with van der Waals surface area (Å²) in [7, 11) is -4.33. The van der Waals surface area contributed by atoms with Gasteiger partial charge in [-0.1, -0.05) is 77.6 Å². The summed E-state index contributed by atoms with van der Waals surface area (Å²) in [6.45, 7) is 2.26. The molecule has 11 heteroatoms. The van der Waals surface area contributed by atoms with Crippen molar-refractivity contribution >= 4 is 22.1 Å². The number of unbranched alkanes of at least 4 members (excludes halogenated alkanes) is 11. The summed E-state index contributed by atoms with van der Waals surface area (Å²) in [5.41, 5.74) is 0. The summed E-state index contributed by atoms with van der Waals surface area (Å²) >= 11 is 0. The first kappa shape index (κ1) is 33.7. The molecule has 0 unspecified atom stereocenters. The molecule has 0 aromatic carbocycles. The Bertz CT molecular complexity index is 594. The average molecular weight is 489 g/mol. The Labute approximate surface area is 214 Å². The molecule has 32 heavy (non-hydrogen) atoms. The molecule has 0 amide bonds. The molecule has 0 heterocycles. The predicted octanol–water partition coefficient (Wildman–Crippen LogP) is 1.13. The fraction of sp³-hybridized carbons (Fsp3) is 0.810. The third-order valence-electron chi connectivity index (χ3n) is 4.34. The Morgan fingerprint density at radius 1 is 0.688 bits per heavy atom. The molecule has 0 aliphatic heterocycles. The van der Waals surface area contributed by atoms with E-state index in [0.29, 0.717) is 0 Å². The summed E-state index contributed by atoms with van der Waals surface area (Å²) in [5, 5.41) is 0. The molecule has 0 saturated carbocycles. The maximum absolute atomic E-state index is 11.4. The van der Waals surface area contributed by atoms with Crippen molar-refractivity contribution < 1.29 is 71.7 Å². The Morgan fingerprint density at radius 2 is 1.06 bits per heavy atom. The van der Waals surface area contributed by atoms with Crippen molar-refractivity contribution in [3.63, 3.8) is 0 Å². The van der Waals surface area contributed by atoms with Gasteiger partial charge in [0, 0.05) is 17.9 Å². The zero-order valence-corrected chi connectivity index (χ0v) is 22.4. The monoisotopic (exact) mass is 488 g/mol. The zero-order chi connectivity index (χ0) is 23.2. The third kappa shape index (κ3) is 27.5. The van der Waals surface area contributed by atoms with Crippen LogP contribution in [-0.2, 0) is 39.3 Å². The summed E-state index contributed by atoms with van der Waals surface area (Å²) < 4.78 is 31.1. The molecular weight excluding hydrogens is 451 g/mol. The molecule has 0 rings (SSSR count). The van der Waals surface area contributed by atoms with Gasteiger partial charge in [0.1, 0.15) is 0 Å². The van der Waals surface area contributed by atoms with Crippen molar-refractivity contribution in [2.24, 2.45) is 0 Å². The van der Waals surface area contributed by atoms with E-state index in [1.165, 1.54) is 57.8 Å². The normalized spacial score (nSPS) is 11.3. The minimum Gasteiger partial charge on any atom is -0.748 e. The Balaban J connectivity index is 0. The van der Waals surface area contributed by atoms with Crippen molar-refractivity contribution in [1.82, 2.24) is 0 Å². The quantitative estimate of drug-likeness (QED) is 0.0583. The van der Waals surface area contributed by atoms with Gasteiger partial charge >= 0.3 is 41.5 Å². The van der Waals surface area contributed by atoms with Gasteiger partial charge in [-0.2, -0.15) is 9.78 Å². The molecule has 182 valence electrons. The summed E-state index contributed by atoms with van der Waals surface area (Å²) in [6, 6.07) is 0. The van der Waals surface area contributed by atoms with Gasteiger partial charge in [-0.3, -0.25) is 9.78 Å². The molecule has 0 fully saturated rings. The average Bonchev–Trinajstić information content (AvgIpc) is 2.71. The van der Waals surface area contributed by atoms with E-state index < -0.39 is 27.8 Å². The van der Waals surface area contributed by atoms with Crippen LogP contribution in [0.3, 0.4) is 0 Å². The maximum Gasteiger partial charge on any atom is 1.00 e. The second-order valence-corrected chi connectivity index (χ2v) is 8.81. The number of hydrogen-bond donors (Lipinski definition) is 0. The van der Waals surface area contributed by atoms with Crippen LogP contribution < -0.4 is 29.6 Å². The molecule has 0 aliphatic carbocycles. The maximum atomic E-state index is 11.4. The van der Waals surface area contributed by atoms with E-state index in [-0.39, 0.29) is 49.2 Å². The van der Waals surface area contributed by atoms with Gasteiger partial charge < -0.3 is 4.55 Å².